The maximum atomic E-state index is 12.9. The summed E-state index contributed by atoms with van der Waals surface area (Å²) in [6.07, 6.45) is 2.46. The zero-order chi connectivity index (χ0) is 20.6. The van der Waals surface area contributed by atoms with Crippen molar-refractivity contribution in [3.8, 4) is 0 Å². The molecule has 0 bridgehead atoms. The molecule has 29 heavy (non-hydrogen) atoms. The van der Waals surface area contributed by atoms with Crippen LogP contribution in [0.2, 0.25) is 0 Å². The van der Waals surface area contributed by atoms with Gasteiger partial charge in [-0.15, -0.1) is 0 Å². The number of likely N-dealkylation sites (tertiary alicyclic amines) is 1. The van der Waals surface area contributed by atoms with E-state index in [1.165, 1.54) is 42.7 Å². The third-order valence-electron chi connectivity index (χ3n) is 5.38. The van der Waals surface area contributed by atoms with Crippen LogP contribution in [0.15, 0.2) is 48.5 Å². The van der Waals surface area contributed by atoms with Crippen molar-refractivity contribution in [2.75, 3.05) is 19.6 Å². The number of benzene rings is 2. The average Bonchev–Trinajstić information content (AvgIpc) is 2.73. The van der Waals surface area contributed by atoms with Crippen molar-refractivity contribution in [2.45, 2.75) is 32.9 Å². The molecule has 2 aromatic carbocycles. The number of carbonyl (C=O) groups excluding carboxylic acids is 2. The molecule has 0 unspecified atom stereocenters. The molecule has 6 heteroatoms. The molecule has 0 saturated carbocycles. The van der Waals surface area contributed by atoms with Crippen LogP contribution in [0.4, 0.5) is 4.39 Å². The molecule has 0 spiro atoms. The summed E-state index contributed by atoms with van der Waals surface area (Å²) in [6, 6.07) is 13.3. The first-order valence-electron chi connectivity index (χ1n) is 10.1. The highest BCUT2D eigenvalue weighted by Gasteiger charge is 2.17. The zero-order valence-electron chi connectivity index (χ0n) is 16.8. The fraction of sp³-hybridized carbons (Fsp3) is 0.391. The van der Waals surface area contributed by atoms with E-state index in [-0.39, 0.29) is 12.5 Å². The van der Waals surface area contributed by atoms with Gasteiger partial charge in [0.15, 0.2) is 0 Å². The molecular weight excluding hydrogens is 369 g/mol. The second-order valence-corrected chi connectivity index (χ2v) is 7.69. The summed E-state index contributed by atoms with van der Waals surface area (Å²) in [6.45, 7) is 5.71. The first-order valence-corrected chi connectivity index (χ1v) is 10.1. The smallest absolute Gasteiger partial charge is 0.251 e. The number of nitrogens with one attached hydrogen (secondary N) is 2. The molecule has 0 radical (unpaired) electrons. The number of rotatable bonds is 7. The molecule has 2 amide bonds. The Bertz CT molecular complexity index is 830. The third kappa shape index (κ3) is 6.39. The van der Waals surface area contributed by atoms with E-state index in [0.717, 1.165) is 31.1 Å². The van der Waals surface area contributed by atoms with Gasteiger partial charge in [-0.3, -0.25) is 14.5 Å². The monoisotopic (exact) mass is 397 g/mol. The highest BCUT2D eigenvalue weighted by atomic mass is 19.1. The molecule has 2 aromatic rings. The summed E-state index contributed by atoms with van der Waals surface area (Å²) in [5.74, 6) is -0.273. The number of nitrogens with zero attached hydrogens (tertiary/aromatic N) is 1. The maximum Gasteiger partial charge on any atom is 0.251 e. The average molecular weight is 397 g/mol. The van der Waals surface area contributed by atoms with Gasteiger partial charge in [0.1, 0.15) is 5.82 Å². The van der Waals surface area contributed by atoms with Gasteiger partial charge in [-0.2, -0.15) is 0 Å². The predicted octanol–water partition coefficient (Wildman–Crippen LogP) is 3.10. The van der Waals surface area contributed by atoms with E-state index in [0.29, 0.717) is 12.1 Å². The van der Waals surface area contributed by atoms with E-state index in [1.54, 1.807) is 0 Å². The predicted molar refractivity (Wildman–Crippen MR) is 111 cm³/mol. The fourth-order valence-electron chi connectivity index (χ4n) is 3.47. The van der Waals surface area contributed by atoms with Gasteiger partial charge in [-0.25, -0.2) is 4.39 Å². The molecule has 5 nitrogen and oxygen atoms in total. The van der Waals surface area contributed by atoms with Gasteiger partial charge in [-0.1, -0.05) is 31.2 Å². The van der Waals surface area contributed by atoms with Crippen molar-refractivity contribution in [1.29, 1.82) is 0 Å². The van der Waals surface area contributed by atoms with Gasteiger partial charge < -0.3 is 10.6 Å². The molecule has 0 aliphatic carbocycles. The third-order valence-corrected chi connectivity index (χ3v) is 5.38. The van der Waals surface area contributed by atoms with E-state index < -0.39 is 11.7 Å². The minimum absolute atomic E-state index is 0.123. The van der Waals surface area contributed by atoms with Crippen LogP contribution >= 0.6 is 0 Å². The second kappa shape index (κ2) is 10.2. The Morgan fingerprint density at radius 1 is 1.00 bits per heavy atom. The minimum atomic E-state index is -0.406. The highest BCUT2D eigenvalue weighted by Crippen LogP contribution is 2.19. The number of carbonyl (C=O) groups is 2. The standard InChI is InChI=1S/C23H28FN3O2/c1-17-10-12-27(13-11-17)16-20-5-3-2-4-19(20)14-25-22(28)15-26-23(29)18-6-8-21(24)9-7-18/h2-9,17H,10-16H2,1H3,(H,25,28)(H,26,29). The summed E-state index contributed by atoms with van der Waals surface area (Å²) < 4.78 is 12.9. The lowest BCUT2D eigenvalue weighted by atomic mass is 9.98. The lowest BCUT2D eigenvalue weighted by Crippen LogP contribution is -2.37. The van der Waals surface area contributed by atoms with Crippen LogP contribution in [0.3, 0.4) is 0 Å². The Morgan fingerprint density at radius 3 is 2.34 bits per heavy atom. The van der Waals surface area contributed by atoms with Gasteiger partial charge in [-0.05, 0) is 67.2 Å². The molecule has 1 aliphatic heterocycles. The molecule has 0 aromatic heterocycles. The molecule has 1 fully saturated rings. The Kier molecular flexibility index (Phi) is 7.36. The molecule has 154 valence electrons. The van der Waals surface area contributed by atoms with Crippen molar-refractivity contribution in [2.24, 2.45) is 5.92 Å². The summed E-state index contributed by atoms with van der Waals surface area (Å²) in [4.78, 5) is 26.6. The van der Waals surface area contributed by atoms with Crippen LogP contribution in [-0.4, -0.2) is 36.3 Å². The zero-order valence-corrected chi connectivity index (χ0v) is 16.8. The Hall–Kier alpha value is -2.73. The molecule has 1 saturated heterocycles. The van der Waals surface area contributed by atoms with Gasteiger partial charge in [0.25, 0.3) is 5.91 Å². The normalized spacial score (nSPS) is 15.1. The molecule has 3 rings (SSSR count). The summed E-state index contributed by atoms with van der Waals surface area (Å²) in [5, 5.41) is 5.42. The van der Waals surface area contributed by atoms with E-state index >= 15 is 0 Å². The minimum Gasteiger partial charge on any atom is -0.350 e. The number of hydrogen-bond donors (Lipinski definition) is 2. The van der Waals surface area contributed by atoms with Crippen molar-refractivity contribution in [3.63, 3.8) is 0 Å². The molecule has 2 N–H and O–H groups in total. The molecule has 1 heterocycles. The lowest BCUT2D eigenvalue weighted by molar-refractivity contribution is -0.120. The Morgan fingerprint density at radius 2 is 1.66 bits per heavy atom. The number of amides is 2. The van der Waals surface area contributed by atoms with Crippen molar-refractivity contribution >= 4 is 11.8 Å². The summed E-state index contributed by atoms with van der Waals surface area (Å²) >= 11 is 0. The second-order valence-electron chi connectivity index (χ2n) is 7.69. The topological polar surface area (TPSA) is 61.4 Å². The first kappa shape index (κ1) is 21.0. The van der Waals surface area contributed by atoms with Crippen LogP contribution in [0, 0.1) is 11.7 Å². The van der Waals surface area contributed by atoms with Crippen molar-refractivity contribution in [1.82, 2.24) is 15.5 Å². The Balaban J connectivity index is 1.47. The number of hydrogen-bond acceptors (Lipinski definition) is 3. The van der Waals surface area contributed by atoms with E-state index in [2.05, 4.69) is 28.5 Å². The van der Waals surface area contributed by atoms with Crippen LogP contribution in [-0.2, 0) is 17.9 Å². The molecule has 0 atom stereocenters. The maximum absolute atomic E-state index is 12.9. The quantitative estimate of drug-likeness (QED) is 0.755. The van der Waals surface area contributed by atoms with E-state index in [4.69, 9.17) is 0 Å². The van der Waals surface area contributed by atoms with Gasteiger partial charge in [0, 0.05) is 18.7 Å². The van der Waals surface area contributed by atoms with Gasteiger partial charge in [0.2, 0.25) is 5.91 Å². The van der Waals surface area contributed by atoms with E-state index in [9.17, 15) is 14.0 Å². The van der Waals surface area contributed by atoms with Gasteiger partial charge >= 0.3 is 0 Å². The molecular formula is C23H28FN3O2. The SMILES string of the molecule is CC1CCN(Cc2ccccc2CNC(=O)CNC(=O)c2ccc(F)cc2)CC1. The largest absolute Gasteiger partial charge is 0.350 e. The number of piperidine rings is 1. The van der Waals surface area contributed by atoms with Crippen LogP contribution in [0.1, 0.15) is 41.3 Å². The van der Waals surface area contributed by atoms with Gasteiger partial charge in [0.05, 0.1) is 6.54 Å². The summed E-state index contributed by atoms with van der Waals surface area (Å²) in [7, 11) is 0. The van der Waals surface area contributed by atoms with Crippen molar-refractivity contribution < 1.29 is 14.0 Å². The summed E-state index contributed by atoms with van der Waals surface area (Å²) in [5.41, 5.74) is 2.63. The highest BCUT2D eigenvalue weighted by molar-refractivity contribution is 5.96. The molecule has 1 aliphatic rings. The van der Waals surface area contributed by atoms with Crippen LogP contribution < -0.4 is 10.6 Å². The Labute approximate surface area is 171 Å². The van der Waals surface area contributed by atoms with Crippen LogP contribution in [0.5, 0.6) is 0 Å². The lowest BCUT2D eigenvalue weighted by Gasteiger charge is -2.30. The fourth-order valence-corrected chi connectivity index (χ4v) is 3.47. The first-order chi connectivity index (χ1) is 14.0. The van der Waals surface area contributed by atoms with E-state index in [1.807, 2.05) is 18.2 Å². The van der Waals surface area contributed by atoms with Crippen molar-refractivity contribution in [3.05, 3.63) is 71.0 Å². The number of halogens is 1. The van der Waals surface area contributed by atoms with Crippen LogP contribution in [0.25, 0.3) is 0 Å².